The quantitative estimate of drug-likeness (QED) is 0.508. The molecule has 1 amide bonds. The van der Waals surface area contributed by atoms with Crippen LogP contribution in [0.15, 0.2) is 83.8 Å². The highest BCUT2D eigenvalue weighted by atomic mass is 32.2. The van der Waals surface area contributed by atoms with Crippen molar-refractivity contribution in [3.05, 3.63) is 84.4 Å². The summed E-state index contributed by atoms with van der Waals surface area (Å²) < 4.78 is 37.2. The molecule has 3 rings (SSSR count). The van der Waals surface area contributed by atoms with Crippen molar-refractivity contribution in [3.63, 3.8) is 0 Å². The van der Waals surface area contributed by atoms with Gasteiger partial charge in [-0.15, -0.1) is 0 Å². The molecule has 0 aromatic heterocycles. The zero-order valence-electron chi connectivity index (χ0n) is 18.0. The smallest absolute Gasteiger partial charge is 0.264 e. The number of nitrogens with zero attached hydrogens (tertiary/aromatic N) is 1. The third-order valence-corrected chi connectivity index (χ3v) is 6.67. The summed E-state index contributed by atoms with van der Waals surface area (Å²) in [5.74, 6) is 1.04. The summed E-state index contributed by atoms with van der Waals surface area (Å²) in [7, 11) is -0.533. The summed E-state index contributed by atoms with van der Waals surface area (Å²) in [6.07, 6.45) is 0.701. The summed E-state index contributed by atoms with van der Waals surface area (Å²) in [5, 5.41) is 2.81. The van der Waals surface area contributed by atoms with Crippen molar-refractivity contribution in [1.82, 2.24) is 5.32 Å². The highest BCUT2D eigenvalue weighted by molar-refractivity contribution is 7.92. The maximum Gasteiger partial charge on any atom is 0.264 e. The number of anilines is 1. The van der Waals surface area contributed by atoms with Gasteiger partial charge in [-0.1, -0.05) is 30.3 Å². The Morgan fingerprint density at radius 2 is 1.53 bits per heavy atom. The number of carbonyl (C=O) groups excluding carboxylic acids is 1. The molecule has 168 valence electrons. The van der Waals surface area contributed by atoms with Crippen molar-refractivity contribution >= 4 is 21.6 Å². The first-order valence-corrected chi connectivity index (χ1v) is 11.5. The second-order valence-corrected chi connectivity index (χ2v) is 8.99. The van der Waals surface area contributed by atoms with E-state index in [1.807, 2.05) is 24.3 Å². The first-order valence-electron chi connectivity index (χ1n) is 10.1. The minimum atomic E-state index is -3.65. The van der Waals surface area contributed by atoms with Gasteiger partial charge in [0, 0.05) is 13.6 Å². The lowest BCUT2D eigenvalue weighted by atomic mass is 10.1. The van der Waals surface area contributed by atoms with Crippen molar-refractivity contribution in [3.8, 4) is 11.5 Å². The number of rotatable bonds is 10. The van der Waals surface area contributed by atoms with Crippen LogP contribution in [0.4, 0.5) is 5.69 Å². The molecule has 3 aromatic carbocycles. The van der Waals surface area contributed by atoms with E-state index in [9.17, 15) is 13.2 Å². The first-order chi connectivity index (χ1) is 15.4. The summed E-state index contributed by atoms with van der Waals surface area (Å²) >= 11 is 0. The number of amides is 1. The molecule has 0 radical (unpaired) electrons. The highest BCUT2D eigenvalue weighted by Crippen LogP contribution is 2.24. The number of sulfonamides is 1. The van der Waals surface area contributed by atoms with Crippen molar-refractivity contribution in [2.75, 3.05) is 31.6 Å². The van der Waals surface area contributed by atoms with Crippen LogP contribution in [0.25, 0.3) is 0 Å². The maximum atomic E-state index is 12.7. The van der Waals surface area contributed by atoms with E-state index in [4.69, 9.17) is 9.47 Å². The van der Waals surface area contributed by atoms with Crippen LogP contribution in [-0.4, -0.2) is 41.6 Å². The Morgan fingerprint density at radius 3 is 2.16 bits per heavy atom. The molecule has 8 heteroatoms. The van der Waals surface area contributed by atoms with Crippen LogP contribution in [-0.2, 0) is 21.2 Å². The Hall–Kier alpha value is -3.52. The van der Waals surface area contributed by atoms with Gasteiger partial charge in [-0.25, -0.2) is 8.42 Å². The molecule has 0 saturated carbocycles. The van der Waals surface area contributed by atoms with Crippen LogP contribution in [0.1, 0.15) is 5.56 Å². The topological polar surface area (TPSA) is 84.9 Å². The zero-order valence-corrected chi connectivity index (χ0v) is 18.8. The molecule has 0 atom stereocenters. The molecule has 0 aliphatic rings. The van der Waals surface area contributed by atoms with Gasteiger partial charge in [-0.05, 0) is 60.5 Å². The summed E-state index contributed by atoms with van der Waals surface area (Å²) in [6.45, 7) is 0.371. The third kappa shape index (κ3) is 6.01. The Balaban J connectivity index is 1.47. The number of methoxy groups -OCH3 is 1. The van der Waals surface area contributed by atoms with E-state index in [0.29, 0.717) is 24.4 Å². The third-order valence-electron chi connectivity index (χ3n) is 4.87. The molecule has 3 aromatic rings. The number of hydrogen-bond acceptors (Lipinski definition) is 5. The van der Waals surface area contributed by atoms with E-state index in [1.54, 1.807) is 61.7 Å². The number of ether oxygens (including phenoxy) is 2. The van der Waals surface area contributed by atoms with E-state index < -0.39 is 10.0 Å². The van der Waals surface area contributed by atoms with Crippen LogP contribution in [0, 0.1) is 0 Å². The largest absolute Gasteiger partial charge is 0.497 e. The lowest BCUT2D eigenvalue weighted by Gasteiger charge is -2.19. The van der Waals surface area contributed by atoms with Crippen LogP contribution >= 0.6 is 0 Å². The minimum absolute atomic E-state index is 0.125. The SMILES string of the molecule is COc1ccc(CCNC(=O)COc2ccc(N(C)S(=O)(=O)c3ccccc3)cc2)cc1. The van der Waals surface area contributed by atoms with Gasteiger partial charge < -0.3 is 14.8 Å². The summed E-state index contributed by atoms with van der Waals surface area (Å²) in [5.41, 5.74) is 1.59. The molecule has 0 heterocycles. The summed E-state index contributed by atoms with van der Waals surface area (Å²) in [4.78, 5) is 12.2. The van der Waals surface area contributed by atoms with E-state index in [0.717, 1.165) is 11.3 Å². The standard InChI is InChI=1S/C24H26N2O5S/c1-26(32(28,29)23-6-4-3-5-7-23)20-10-14-22(15-11-20)31-18-24(27)25-17-16-19-8-12-21(30-2)13-9-19/h3-15H,16-18H2,1-2H3,(H,25,27). The van der Waals surface area contributed by atoms with Gasteiger partial charge in [-0.2, -0.15) is 0 Å². The molecule has 1 N–H and O–H groups in total. The fourth-order valence-electron chi connectivity index (χ4n) is 2.98. The Morgan fingerprint density at radius 1 is 0.906 bits per heavy atom. The molecule has 0 aliphatic heterocycles. The van der Waals surface area contributed by atoms with Gasteiger partial charge in [0.25, 0.3) is 15.9 Å². The predicted octanol–water partition coefficient (Wildman–Crippen LogP) is 3.26. The van der Waals surface area contributed by atoms with Gasteiger partial charge in [0.05, 0.1) is 17.7 Å². The minimum Gasteiger partial charge on any atom is -0.497 e. The van der Waals surface area contributed by atoms with Crippen molar-refractivity contribution < 1.29 is 22.7 Å². The maximum absolute atomic E-state index is 12.7. The van der Waals surface area contributed by atoms with E-state index in [-0.39, 0.29) is 17.4 Å². The number of carbonyl (C=O) groups is 1. The van der Waals surface area contributed by atoms with Crippen molar-refractivity contribution in [2.45, 2.75) is 11.3 Å². The van der Waals surface area contributed by atoms with Crippen LogP contribution in [0.3, 0.4) is 0 Å². The second kappa shape index (κ2) is 10.7. The highest BCUT2D eigenvalue weighted by Gasteiger charge is 2.20. The predicted molar refractivity (Wildman–Crippen MR) is 124 cm³/mol. The second-order valence-electron chi connectivity index (χ2n) is 7.02. The molecule has 0 spiro atoms. The van der Waals surface area contributed by atoms with Gasteiger partial charge in [0.15, 0.2) is 6.61 Å². The lowest BCUT2D eigenvalue weighted by Crippen LogP contribution is -2.30. The Bertz CT molecular complexity index is 1120. The monoisotopic (exact) mass is 454 g/mol. The normalized spacial score (nSPS) is 10.9. The van der Waals surface area contributed by atoms with E-state index in [2.05, 4.69) is 5.32 Å². The molecule has 0 unspecified atom stereocenters. The average Bonchev–Trinajstić information content (AvgIpc) is 2.83. The number of benzene rings is 3. The van der Waals surface area contributed by atoms with Crippen LogP contribution in [0.2, 0.25) is 0 Å². The summed E-state index contributed by atoms with van der Waals surface area (Å²) in [6, 6.07) is 22.4. The number of nitrogens with one attached hydrogen (secondary N) is 1. The molecule has 0 saturated heterocycles. The van der Waals surface area contributed by atoms with E-state index in [1.165, 1.54) is 11.4 Å². The first kappa shape index (κ1) is 23.1. The van der Waals surface area contributed by atoms with Gasteiger partial charge in [0.1, 0.15) is 11.5 Å². The fourth-order valence-corrected chi connectivity index (χ4v) is 4.20. The number of hydrogen-bond donors (Lipinski definition) is 1. The van der Waals surface area contributed by atoms with Crippen molar-refractivity contribution in [1.29, 1.82) is 0 Å². The molecule has 32 heavy (non-hydrogen) atoms. The zero-order chi connectivity index (χ0) is 23.0. The molecule has 7 nitrogen and oxygen atoms in total. The molecule has 0 bridgehead atoms. The fraction of sp³-hybridized carbons (Fsp3) is 0.208. The molecule has 0 fully saturated rings. The molecular formula is C24H26N2O5S. The molecular weight excluding hydrogens is 428 g/mol. The lowest BCUT2D eigenvalue weighted by molar-refractivity contribution is -0.123. The van der Waals surface area contributed by atoms with Gasteiger partial charge >= 0.3 is 0 Å². The Kier molecular flexibility index (Phi) is 7.72. The van der Waals surface area contributed by atoms with Crippen LogP contribution in [0.5, 0.6) is 11.5 Å². The average molecular weight is 455 g/mol. The van der Waals surface area contributed by atoms with Gasteiger partial charge in [-0.3, -0.25) is 9.10 Å². The van der Waals surface area contributed by atoms with Gasteiger partial charge in [0.2, 0.25) is 0 Å². The molecule has 0 aliphatic carbocycles. The Labute approximate surface area is 188 Å². The van der Waals surface area contributed by atoms with E-state index >= 15 is 0 Å². The van der Waals surface area contributed by atoms with Crippen molar-refractivity contribution in [2.24, 2.45) is 0 Å². The van der Waals surface area contributed by atoms with Crippen LogP contribution < -0.4 is 19.1 Å².